The van der Waals surface area contributed by atoms with Crippen LogP contribution in [0.25, 0.3) is 0 Å². The third-order valence-electron chi connectivity index (χ3n) is 5.20. The van der Waals surface area contributed by atoms with Gasteiger partial charge in [-0.1, -0.05) is 60.7 Å². The molecule has 0 fully saturated rings. The molecule has 4 aromatic carbocycles. The SMILES string of the molecule is O=C(Cc1ccccc1)c1ccc([S+]([O-])c2ccc(C(=O)Cc3ccccc3)cc2)cc1. The topological polar surface area (TPSA) is 57.2 Å². The lowest BCUT2D eigenvalue weighted by molar-refractivity contribution is 0.0984. The molecule has 0 aliphatic rings. The van der Waals surface area contributed by atoms with Gasteiger partial charge in [0, 0.05) is 35.1 Å². The number of carbonyl (C=O) groups excluding carboxylic acids is 2. The molecule has 0 amide bonds. The van der Waals surface area contributed by atoms with Crippen LogP contribution in [-0.2, 0) is 24.0 Å². The number of carbonyl (C=O) groups is 2. The molecule has 4 heteroatoms. The average Bonchev–Trinajstić information content (AvgIpc) is 2.85. The number of ketones is 2. The van der Waals surface area contributed by atoms with Crippen LogP contribution in [0.1, 0.15) is 31.8 Å². The molecule has 0 N–H and O–H groups in total. The van der Waals surface area contributed by atoms with Gasteiger partial charge >= 0.3 is 0 Å². The quantitative estimate of drug-likeness (QED) is 0.262. The van der Waals surface area contributed by atoms with Crippen molar-refractivity contribution in [1.82, 2.24) is 0 Å². The molecule has 0 aromatic heterocycles. The average molecular weight is 439 g/mol. The Kier molecular flexibility index (Phi) is 6.95. The van der Waals surface area contributed by atoms with Crippen molar-refractivity contribution >= 4 is 22.7 Å². The summed E-state index contributed by atoms with van der Waals surface area (Å²) in [5, 5.41) is 0. The Hall–Kier alpha value is -3.47. The van der Waals surface area contributed by atoms with E-state index in [4.69, 9.17) is 0 Å². The molecule has 0 atom stereocenters. The van der Waals surface area contributed by atoms with Crippen molar-refractivity contribution in [2.75, 3.05) is 0 Å². The highest BCUT2D eigenvalue weighted by atomic mass is 32.2. The largest absolute Gasteiger partial charge is 0.606 e. The number of benzene rings is 4. The van der Waals surface area contributed by atoms with Gasteiger partial charge in [-0.15, -0.1) is 0 Å². The van der Waals surface area contributed by atoms with Crippen LogP contribution in [0, 0.1) is 0 Å². The van der Waals surface area contributed by atoms with Crippen LogP contribution < -0.4 is 0 Å². The molecule has 0 heterocycles. The summed E-state index contributed by atoms with van der Waals surface area (Å²) < 4.78 is 12.9. The summed E-state index contributed by atoms with van der Waals surface area (Å²) >= 11 is -1.39. The van der Waals surface area contributed by atoms with Gasteiger partial charge < -0.3 is 4.55 Å². The van der Waals surface area contributed by atoms with E-state index in [1.54, 1.807) is 48.5 Å². The van der Waals surface area contributed by atoms with Crippen molar-refractivity contribution < 1.29 is 14.1 Å². The third kappa shape index (κ3) is 5.41. The fourth-order valence-corrected chi connectivity index (χ4v) is 4.47. The molecule has 0 unspecified atom stereocenters. The summed E-state index contributed by atoms with van der Waals surface area (Å²) in [6.07, 6.45) is 0.670. The molecule has 32 heavy (non-hydrogen) atoms. The summed E-state index contributed by atoms with van der Waals surface area (Å²) in [6, 6.07) is 33.0. The second-order valence-electron chi connectivity index (χ2n) is 7.49. The maximum absolute atomic E-state index is 12.9. The molecule has 0 saturated heterocycles. The normalized spacial score (nSPS) is 10.8. The summed E-state index contributed by atoms with van der Waals surface area (Å²) in [5.41, 5.74) is 3.12. The molecule has 0 aliphatic heterocycles. The van der Waals surface area contributed by atoms with E-state index in [2.05, 4.69) is 0 Å². The van der Waals surface area contributed by atoms with Crippen LogP contribution in [0.3, 0.4) is 0 Å². The highest BCUT2D eigenvalue weighted by Crippen LogP contribution is 2.22. The Bertz CT molecular complexity index is 1090. The highest BCUT2D eigenvalue weighted by molar-refractivity contribution is 7.91. The molecule has 4 rings (SSSR count). The first-order valence-electron chi connectivity index (χ1n) is 10.4. The van der Waals surface area contributed by atoms with E-state index in [0.29, 0.717) is 33.8 Å². The van der Waals surface area contributed by atoms with Crippen molar-refractivity contribution in [3.8, 4) is 0 Å². The van der Waals surface area contributed by atoms with E-state index in [1.165, 1.54) is 0 Å². The van der Waals surface area contributed by atoms with Crippen molar-refractivity contribution in [3.05, 3.63) is 131 Å². The van der Waals surface area contributed by atoms with Crippen LogP contribution in [0.4, 0.5) is 0 Å². The fourth-order valence-electron chi connectivity index (χ4n) is 3.43. The van der Waals surface area contributed by atoms with E-state index in [1.807, 2.05) is 60.7 Å². The van der Waals surface area contributed by atoms with Gasteiger partial charge in [0.15, 0.2) is 21.4 Å². The lowest BCUT2D eigenvalue weighted by atomic mass is 10.0. The summed E-state index contributed by atoms with van der Waals surface area (Å²) in [5.74, 6) is 0.0460. The van der Waals surface area contributed by atoms with E-state index in [-0.39, 0.29) is 11.6 Å². The molecular weight excluding hydrogens is 416 g/mol. The predicted molar refractivity (Wildman–Crippen MR) is 127 cm³/mol. The van der Waals surface area contributed by atoms with Gasteiger partial charge in [0.25, 0.3) is 0 Å². The highest BCUT2D eigenvalue weighted by Gasteiger charge is 2.17. The van der Waals surface area contributed by atoms with Gasteiger partial charge in [0.05, 0.1) is 0 Å². The number of hydrogen-bond donors (Lipinski definition) is 0. The van der Waals surface area contributed by atoms with Crippen molar-refractivity contribution in [2.45, 2.75) is 22.6 Å². The first-order chi connectivity index (χ1) is 15.6. The minimum absolute atomic E-state index is 0.0230. The smallest absolute Gasteiger partial charge is 0.167 e. The third-order valence-corrected chi connectivity index (χ3v) is 6.60. The first-order valence-corrected chi connectivity index (χ1v) is 11.5. The molecule has 0 saturated carbocycles. The Morgan fingerprint density at radius 1 is 0.531 bits per heavy atom. The second-order valence-corrected chi connectivity index (χ2v) is 8.97. The monoisotopic (exact) mass is 438 g/mol. The molecule has 0 aliphatic carbocycles. The summed E-state index contributed by atoms with van der Waals surface area (Å²) in [7, 11) is 0. The first kappa shape index (κ1) is 21.8. The van der Waals surface area contributed by atoms with Gasteiger partial charge in [-0.3, -0.25) is 9.59 Å². The number of hydrogen-bond acceptors (Lipinski definition) is 3. The van der Waals surface area contributed by atoms with Gasteiger partial charge in [-0.2, -0.15) is 0 Å². The zero-order chi connectivity index (χ0) is 22.3. The minimum atomic E-state index is -1.39. The Morgan fingerprint density at radius 2 is 0.875 bits per heavy atom. The Morgan fingerprint density at radius 3 is 1.22 bits per heavy atom. The lowest BCUT2D eigenvalue weighted by Gasteiger charge is -2.11. The van der Waals surface area contributed by atoms with Crippen LogP contribution in [0.5, 0.6) is 0 Å². The summed E-state index contributed by atoms with van der Waals surface area (Å²) in [4.78, 5) is 26.2. The van der Waals surface area contributed by atoms with Gasteiger partial charge in [-0.25, -0.2) is 0 Å². The predicted octanol–water partition coefficient (Wildman–Crippen LogP) is 5.70. The van der Waals surface area contributed by atoms with Crippen molar-refractivity contribution in [1.29, 1.82) is 0 Å². The maximum Gasteiger partial charge on any atom is 0.167 e. The van der Waals surface area contributed by atoms with E-state index in [0.717, 1.165) is 11.1 Å². The molecule has 158 valence electrons. The Labute approximate surface area is 190 Å². The fraction of sp³-hybridized carbons (Fsp3) is 0.0714. The van der Waals surface area contributed by atoms with Gasteiger partial charge in [-0.05, 0) is 59.7 Å². The van der Waals surface area contributed by atoms with Crippen LogP contribution >= 0.6 is 0 Å². The van der Waals surface area contributed by atoms with E-state index >= 15 is 0 Å². The van der Waals surface area contributed by atoms with Crippen molar-refractivity contribution in [2.24, 2.45) is 0 Å². The van der Waals surface area contributed by atoms with Crippen LogP contribution in [0.2, 0.25) is 0 Å². The van der Waals surface area contributed by atoms with Crippen LogP contribution in [-0.4, -0.2) is 16.1 Å². The van der Waals surface area contributed by atoms with Crippen LogP contribution in [0.15, 0.2) is 119 Å². The van der Waals surface area contributed by atoms with Crippen molar-refractivity contribution in [3.63, 3.8) is 0 Å². The Balaban J connectivity index is 1.41. The molecule has 3 nitrogen and oxygen atoms in total. The zero-order valence-corrected chi connectivity index (χ0v) is 18.3. The van der Waals surface area contributed by atoms with Gasteiger partial charge in [0.1, 0.15) is 0 Å². The van der Waals surface area contributed by atoms with E-state index < -0.39 is 11.2 Å². The zero-order valence-electron chi connectivity index (χ0n) is 17.4. The standard InChI is InChI=1S/C28H22O3S/c29-27(19-21-7-3-1-4-8-21)23-11-15-25(16-12-23)32(31)26-17-13-24(14-18-26)28(30)20-22-9-5-2-6-10-22/h1-18H,19-20H2. The minimum Gasteiger partial charge on any atom is -0.606 e. The number of rotatable bonds is 8. The molecule has 4 aromatic rings. The molecule has 0 radical (unpaired) electrons. The lowest BCUT2D eigenvalue weighted by Crippen LogP contribution is -2.07. The van der Waals surface area contributed by atoms with E-state index in [9.17, 15) is 14.1 Å². The summed E-state index contributed by atoms with van der Waals surface area (Å²) in [6.45, 7) is 0. The maximum atomic E-state index is 12.9. The molecule has 0 bridgehead atoms. The molecule has 0 spiro atoms. The molecular formula is C28H22O3S. The second kappa shape index (κ2) is 10.2. The van der Waals surface area contributed by atoms with Gasteiger partial charge in [0.2, 0.25) is 0 Å². The number of Topliss-reactive ketones (excluding diaryl/α,β-unsaturated/α-hetero) is 2.